The molecule has 0 bridgehead atoms. The third-order valence-corrected chi connectivity index (χ3v) is 5.24. The van der Waals surface area contributed by atoms with Crippen molar-refractivity contribution in [2.45, 2.75) is 17.4 Å². The molecule has 1 amide bonds. The Kier molecular flexibility index (Phi) is 6.94. The lowest BCUT2D eigenvalue weighted by Gasteiger charge is -2.20. The average Bonchev–Trinajstić information content (AvgIpc) is 2.74. The van der Waals surface area contributed by atoms with Crippen LogP contribution in [0.1, 0.15) is 23.6 Å². The molecule has 0 aliphatic carbocycles. The fourth-order valence-electron chi connectivity index (χ4n) is 2.82. The minimum Gasteiger partial charge on any atom is -0.497 e. The van der Waals surface area contributed by atoms with Crippen LogP contribution in [0.4, 0.5) is 0 Å². The molecule has 0 saturated heterocycles. The number of rotatable bonds is 8. The van der Waals surface area contributed by atoms with Gasteiger partial charge in [0.2, 0.25) is 5.91 Å². The van der Waals surface area contributed by atoms with Gasteiger partial charge in [0.05, 0.1) is 13.2 Å². The summed E-state index contributed by atoms with van der Waals surface area (Å²) in [5.41, 5.74) is 2.17. The van der Waals surface area contributed by atoms with E-state index >= 15 is 0 Å². The van der Waals surface area contributed by atoms with Crippen LogP contribution < -0.4 is 10.1 Å². The Morgan fingerprint density at radius 3 is 1.96 bits per heavy atom. The standard InChI is InChI=1S/C23H23NO2S/c1-26-20-12-14-21(15-13-20)27-17-16-22(25)24-23(18-8-4-2-5-9-18)19-10-6-3-7-11-19/h2-15,23H,16-17H2,1H3,(H,24,25). The lowest BCUT2D eigenvalue weighted by molar-refractivity contribution is -0.121. The second kappa shape index (κ2) is 9.83. The number of carbonyl (C=O) groups excluding carboxylic acids is 1. The van der Waals surface area contributed by atoms with E-state index in [1.165, 1.54) is 0 Å². The predicted octanol–water partition coefficient (Wildman–Crippen LogP) is 5.08. The molecule has 0 saturated carbocycles. The number of ether oxygens (including phenoxy) is 1. The highest BCUT2D eigenvalue weighted by Crippen LogP contribution is 2.24. The summed E-state index contributed by atoms with van der Waals surface area (Å²) in [6, 6.07) is 27.9. The van der Waals surface area contributed by atoms with Crippen LogP contribution in [0.2, 0.25) is 0 Å². The van der Waals surface area contributed by atoms with E-state index in [4.69, 9.17) is 4.74 Å². The highest BCUT2D eigenvalue weighted by atomic mass is 32.2. The predicted molar refractivity (Wildman–Crippen MR) is 111 cm³/mol. The van der Waals surface area contributed by atoms with E-state index in [1.807, 2.05) is 84.9 Å². The first-order chi connectivity index (χ1) is 13.3. The van der Waals surface area contributed by atoms with Crippen molar-refractivity contribution in [3.8, 4) is 5.75 Å². The van der Waals surface area contributed by atoms with Gasteiger partial charge >= 0.3 is 0 Å². The molecular weight excluding hydrogens is 354 g/mol. The summed E-state index contributed by atoms with van der Waals surface area (Å²) in [5.74, 6) is 1.62. The zero-order chi connectivity index (χ0) is 18.9. The van der Waals surface area contributed by atoms with Crippen molar-refractivity contribution in [2.75, 3.05) is 12.9 Å². The lowest BCUT2D eigenvalue weighted by atomic mass is 9.98. The maximum absolute atomic E-state index is 12.5. The molecule has 3 nitrogen and oxygen atoms in total. The molecule has 0 unspecified atom stereocenters. The highest BCUT2D eigenvalue weighted by molar-refractivity contribution is 7.99. The molecule has 0 aromatic heterocycles. The minimum absolute atomic E-state index is 0.0497. The quantitative estimate of drug-likeness (QED) is 0.556. The second-order valence-electron chi connectivity index (χ2n) is 6.10. The third-order valence-electron chi connectivity index (χ3n) is 4.23. The largest absolute Gasteiger partial charge is 0.497 e. The number of hydrogen-bond acceptors (Lipinski definition) is 3. The van der Waals surface area contributed by atoms with Crippen LogP contribution in [-0.4, -0.2) is 18.8 Å². The van der Waals surface area contributed by atoms with Crippen LogP contribution in [0.3, 0.4) is 0 Å². The number of methoxy groups -OCH3 is 1. The van der Waals surface area contributed by atoms with Crippen molar-refractivity contribution in [1.82, 2.24) is 5.32 Å². The first-order valence-corrected chi connectivity index (χ1v) is 9.91. The highest BCUT2D eigenvalue weighted by Gasteiger charge is 2.16. The monoisotopic (exact) mass is 377 g/mol. The number of benzene rings is 3. The number of thioether (sulfide) groups is 1. The zero-order valence-electron chi connectivity index (χ0n) is 15.3. The Hall–Kier alpha value is -2.72. The molecule has 27 heavy (non-hydrogen) atoms. The normalized spacial score (nSPS) is 10.6. The van der Waals surface area contributed by atoms with Crippen LogP contribution in [0.15, 0.2) is 89.8 Å². The fourth-order valence-corrected chi connectivity index (χ4v) is 3.67. The summed E-state index contributed by atoms with van der Waals surface area (Å²) in [4.78, 5) is 13.7. The summed E-state index contributed by atoms with van der Waals surface area (Å²) < 4.78 is 5.17. The summed E-state index contributed by atoms with van der Waals surface area (Å²) >= 11 is 1.67. The Morgan fingerprint density at radius 1 is 0.889 bits per heavy atom. The molecule has 0 atom stereocenters. The minimum atomic E-state index is -0.133. The molecule has 3 aromatic rings. The van der Waals surface area contributed by atoms with Crippen molar-refractivity contribution >= 4 is 17.7 Å². The van der Waals surface area contributed by atoms with Crippen LogP contribution in [0, 0.1) is 0 Å². The Morgan fingerprint density at radius 2 is 1.44 bits per heavy atom. The van der Waals surface area contributed by atoms with Gasteiger partial charge < -0.3 is 10.1 Å². The summed E-state index contributed by atoms with van der Waals surface area (Å²) in [5, 5.41) is 3.18. The first kappa shape index (κ1) is 19.1. The molecule has 3 aromatic carbocycles. The number of amides is 1. The van der Waals surface area contributed by atoms with E-state index in [1.54, 1.807) is 18.9 Å². The lowest BCUT2D eigenvalue weighted by Crippen LogP contribution is -2.29. The van der Waals surface area contributed by atoms with E-state index < -0.39 is 0 Å². The summed E-state index contributed by atoms with van der Waals surface area (Å²) in [6.07, 6.45) is 0.465. The van der Waals surface area contributed by atoms with Crippen molar-refractivity contribution in [2.24, 2.45) is 0 Å². The van der Waals surface area contributed by atoms with Gasteiger partial charge in [0.15, 0.2) is 0 Å². The molecule has 0 spiro atoms. The van der Waals surface area contributed by atoms with E-state index in [0.717, 1.165) is 27.5 Å². The van der Waals surface area contributed by atoms with Gasteiger partial charge in [-0.15, -0.1) is 11.8 Å². The molecule has 0 aliphatic rings. The topological polar surface area (TPSA) is 38.3 Å². The molecule has 138 valence electrons. The smallest absolute Gasteiger partial charge is 0.221 e. The summed E-state index contributed by atoms with van der Waals surface area (Å²) in [7, 11) is 1.66. The third kappa shape index (κ3) is 5.63. The van der Waals surface area contributed by atoms with Gasteiger partial charge in [0, 0.05) is 17.1 Å². The molecule has 0 heterocycles. The fraction of sp³-hybridized carbons (Fsp3) is 0.174. The SMILES string of the molecule is COc1ccc(SCCC(=O)NC(c2ccccc2)c2ccccc2)cc1. The molecule has 0 fully saturated rings. The maximum Gasteiger partial charge on any atom is 0.221 e. The Balaban J connectivity index is 1.59. The van der Waals surface area contributed by atoms with Gasteiger partial charge in [-0.2, -0.15) is 0 Å². The summed E-state index contributed by atoms with van der Waals surface area (Å²) in [6.45, 7) is 0. The van der Waals surface area contributed by atoms with Crippen LogP contribution >= 0.6 is 11.8 Å². The van der Waals surface area contributed by atoms with E-state index in [2.05, 4.69) is 5.32 Å². The number of nitrogens with one attached hydrogen (secondary N) is 1. The number of hydrogen-bond donors (Lipinski definition) is 1. The Labute approximate surface area is 164 Å². The van der Waals surface area contributed by atoms with Gasteiger partial charge in [-0.1, -0.05) is 60.7 Å². The van der Waals surface area contributed by atoms with Crippen LogP contribution in [0.25, 0.3) is 0 Å². The zero-order valence-corrected chi connectivity index (χ0v) is 16.1. The van der Waals surface area contributed by atoms with Gasteiger partial charge in [-0.25, -0.2) is 0 Å². The molecule has 1 N–H and O–H groups in total. The molecular formula is C23H23NO2S. The van der Waals surface area contributed by atoms with Gasteiger partial charge in [-0.3, -0.25) is 4.79 Å². The van der Waals surface area contributed by atoms with E-state index in [0.29, 0.717) is 6.42 Å². The average molecular weight is 378 g/mol. The van der Waals surface area contributed by atoms with E-state index in [9.17, 15) is 4.79 Å². The van der Waals surface area contributed by atoms with Crippen molar-refractivity contribution < 1.29 is 9.53 Å². The second-order valence-corrected chi connectivity index (χ2v) is 7.26. The van der Waals surface area contributed by atoms with Crippen molar-refractivity contribution in [3.05, 3.63) is 96.1 Å². The molecule has 0 radical (unpaired) electrons. The molecule has 4 heteroatoms. The van der Waals surface area contributed by atoms with Gasteiger partial charge in [0.25, 0.3) is 0 Å². The van der Waals surface area contributed by atoms with Gasteiger partial charge in [-0.05, 0) is 35.4 Å². The van der Waals surface area contributed by atoms with E-state index in [-0.39, 0.29) is 11.9 Å². The first-order valence-electron chi connectivity index (χ1n) is 8.92. The van der Waals surface area contributed by atoms with Crippen LogP contribution in [0.5, 0.6) is 5.75 Å². The van der Waals surface area contributed by atoms with Crippen LogP contribution in [-0.2, 0) is 4.79 Å². The molecule has 3 rings (SSSR count). The van der Waals surface area contributed by atoms with Crippen molar-refractivity contribution in [1.29, 1.82) is 0 Å². The molecule has 0 aliphatic heterocycles. The van der Waals surface area contributed by atoms with Crippen molar-refractivity contribution in [3.63, 3.8) is 0 Å². The van der Waals surface area contributed by atoms with Gasteiger partial charge in [0.1, 0.15) is 5.75 Å². The maximum atomic E-state index is 12.5. The Bertz CT molecular complexity index is 796. The number of carbonyl (C=O) groups is 1.